The quantitative estimate of drug-likeness (QED) is 0.773. The Labute approximate surface area is 168 Å². The van der Waals surface area contributed by atoms with Crippen LogP contribution in [0.2, 0.25) is 0 Å². The van der Waals surface area contributed by atoms with Crippen molar-refractivity contribution in [2.24, 2.45) is 0 Å². The topological polar surface area (TPSA) is 54.5 Å². The van der Waals surface area contributed by atoms with E-state index in [2.05, 4.69) is 26.2 Å². The third-order valence-electron chi connectivity index (χ3n) is 3.78. The van der Waals surface area contributed by atoms with Crippen LogP contribution >= 0.6 is 40.7 Å². The largest absolute Gasteiger partial charge is 0.439 e. The summed E-state index contributed by atoms with van der Waals surface area (Å²) in [6.45, 7) is 4.41. The monoisotopic (exact) mass is 447 g/mol. The predicted octanol–water partition coefficient (Wildman–Crippen LogP) is 3.91. The zero-order chi connectivity index (χ0) is 16.2. The third-order valence-corrected chi connectivity index (χ3v) is 4.31. The molecule has 8 heteroatoms. The molecule has 1 N–H and O–H groups in total. The summed E-state index contributed by atoms with van der Waals surface area (Å²) < 4.78 is 6.66. The number of ether oxygens (including phenoxy) is 1. The average Bonchev–Trinajstić information content (AvgIpc) is 2.57. The van der Waals surface area contributed by atoms with Gasteiger partial charge in [0.1, 0.15) is 5.75 Å². The number of nitrogens with one attached hydrogen (secondary N) is 1. The molecule has 1 amide bonds. The van der Waals surface area contributed by atoms with Crippen LogP contribution in [0.25, 0.3) is 0 Å². The van der Waals surface area contributed by atoms with Crippen molar-refractivity contribution in [1.82, 2.24) is 15.2 Å². The molecular formula is C17H20BrCl2N3O2. The van der Waals surface area contributed by atoms with Gasteiger partial charge in [0.25, 0.3) is 5.91 Å². The van der Waals surface area contributed by atoms with Crippen LogP contribution in [0, 0.1) is 0 Å². The van der Waals surface area contributed by atoms with Crippen molar-refractivity contribution in [3.05, 3.63) is 52.6 Å². The van der Waals surface area contributed by atoms with Crippen molar-refractivity contribution in [3.8, 4) is 11.6 Å². The summed E-state index contributed by atoms with van der Waals surface area (Å²) in [4.78, 5) is 18.6. The summed E-state index contributed by atoms with van der Waals surface area (Å²) in [6.07, 6.45) is 1.57. The van der Waals surface area contributed by atoms with E-state index in [4.69, 9.17) is 4.74 Å². The molecule has 1 aromatic heterocycles. The fourth-order valence-electron chi connectivity index (χ4n) is 2.50. The summed E-state index contributed by atoms with van der Waals surface area (Å²) in [7, 11) is 0. The van der Waals surface area contributed by atoms with Crippen LogP contribution in [0.15, 0.2) is 47.1 Å². The lowest BCUT2D eigenvalue weighted by atomic mass is 10.1. The Morgan fingerprint density at radius 2 is 1.96 bits per heavy atom. The van der Waals surface area contributed by atoms with E-state index in [0.29, 0.717) is 17.2 Å². The number of carbonyl (C=O) groups excluding carboxylic acids is 1. The Kier molecular flexibility index (Phi) is 8.65. The highest BCUT2D eigenvalue weighted by Crippen LogP contribution is 2.22. The minimum Gasteiger partial charge on any atom is -0.439 e. The van der Waals surface area contributed by atoms with Gasteiger partial charge in [0.15, 0.2) is 0 Å². The van der Waals surface area contributed by atoms with E-state index in [1.54, 1.807) is 18.3 Å². The van der Waals surface area contributed by atoms with Crippen molar-refractivity contribution < 1.29 is 9.53 Å². The first kappa shape index (κ1) is 21.7. The highest BCUT2D eigenvalue weighted by Gasteiger charge is 2.24. The Bertz CT molecular complexity index is 683. The van der Waals surface area contributed by atoms with Crippen molar-refractivity contribution in [3.63, 3.8) is 0 Å². The lowest BCUT2D eigenvalue weighted by Crippen LogP contribution is -2.52. The average molecular weight is 449 g/mol. The number of hydrogen-bond acceptors (Lipinski definition) is 4. The van der Waals surface area contributed by atoms with Gasteiger partial charge in [-0.3, -0.25) is 4.79 Å². The highest BCUT2D eigenvalue weighted by atomic mass is 79.9. The predicted molar refractivity (Wildman–Crippen MR) is 106 cm³/mol. The lowest BCUT2D eigenvalue weighted by Gasteiger charge is -2.33. The molecule has 136 valence electrons. The van der Waals surface area contributed by atoms with Crippen LogP contribution in [0.4, 0.5) is 0 Å². The van der Waals surface area contributed by atoms with Crippen LogP contribution in [0.1, 0.15) is 17.3 Å². The molecule has 5 nitrogen and oxygen atoms in total. The van der Waals surface area contributed by atoms with Crippen LogP contribution in [0.5, 0.6) is 11.6 Å². The first-order valence-corrected chi connectivity index (χ1v) is 8.34. The number of rotatable bonds is 3. The van der Waals surface area contributed by atoms with Crippen LogP contribution in [-0.2, 0) is 0 Å². The van der Waals surface area contributed by atoms with Gasteiger partial charge in [-0.25, -0.2) is 4.98 Å². The Morgan fingerprint density at radius 3 is 2.56 bits per heavy atom. The third kappa shape index (κ3) is 5.57. The number of benzene rings is 1. The zero-order valence-electron chi connectivity index (χ0n) is 13.6. The molecule has 0 unspecified atom stereocenters. The number of hydrogen-bond donors (Lipinski definition) is 1. The Balaban J connectivity index is 0.00000156. The second kappa shape index (κ2) is 9.97. The van der Waals surface area contributed by atoms with Crippen LogP contribution in [0.3, 0.4) is 0 Å². The van der Waals surface area contributed by atoms with Gasteiger partial charge in [0.2, 0.25) is 5.88 Å². The van der Waals surface area contributed by atoms with E-state index in [9.17, 15) is 4.79 Å². The van der Waals surface area contributed by atoms with E-state index in [1.165, 1.54) is 0 Å². The first-order valence-electron chi connectivity index (χ1n) is 7.54. The van der Waals surface area contributed by atoms with E-state index in [0.717, 1.165) is 24.1 Å². The highest BCUT2D eigenvalue weighted by molar-refractivity contribution is 9.10. The molecule has 0 aliphatic carbocycles. The maximum atomic E-state index is 12.5. The SMILES string of the molecule is C[C@H]1CNCCN1C(=O)c1ccc(Oc2ccc(Br)cc2)nc1.Cl.Cl. The summed E-state index contributed by atoms with van der Waals surface area (Å²) in [5.41, 5.74) is 0.585. The van der Waals surface area contributed by atoms with E-state index < -0.39 is 0 Å². The van der Waals surface area contributed by atoms with Gasteiger partial charge in [-0.05, 0) is 37.3 Å². The van der Waals surface area contributed by atoms with E-state index in [1.807, 2.05) is 36.1 Å². The van der Waals surface area contributed by atoms with Crippen LogP contribution < -0.4 is 10.1 Å². The van der Waals surface area contributed by atoms with Crippen molar-refractivity contribution >= 4 is 46.7 Å². The number of carbonyl (C=O) groups is 1. The number of nitrogens with zero attached hydrogens (tertiary/aromatic N) is 2. The first-order chi connectivity index (χ1) is 11.1. The van der Waals surface area contributed by atoms with Gasteiger partial charge in [-0.2, -0.15) is 0 Å². The number of pyridine rings is 1. The van der Waals surface area contributed by atoms with E-state index >= 15 is 0 Å². The smallest absolute Gasteiger partial charge is 0.255 e. The molecule has 0 saturated carbocycles. The molecule has 0 spiro atoms. The second-order valence-electron chi connectivity index (χ2n) is 5.49. The Hall–Kier alpha value is -1.34. The fraction of sp³-hybridized carbons (Fsp3) is 0.294. The maximum Gasteiger partial charge on any atom is 0.255 e. The van der Waals surface area contributed by atoms with Crippen molar-refractivity contribution in [1.29, 1.82) is 0 Å². The molecule has 1 atom stereocenters. The standard InChI is InChI=1S/C17H18BrN3O2.2ClH/c1-12-10-19-8-9-21(12)17(22)13-2-7-16(20-11-13)23-15-5-3-14(18)4-6-15;;/h2-7,11-12,19H,8-10H2,1H3;2*1H/t12-;;/m0../s1. The van der Waals surface area contributed by atoms with Gasteiger partial charge in [0.05, 0.1) is 5.56 Å². The molecule has 0 radical (unpaired) electrons. The lowest BCUT2D eigenvalue weighted by molar-refractivity contribution is 0.0655. The molecule has 1 aliphatic heterocycles. The number of halogens is 3. The number of amides is 1. The van der Waals surface area contributed by atoms with Gasteiger partial charge in [-0.15, -0.1) is 24.8 Å². The van der Waals surface area contributed by atoms with Gasteiger partial charge in [-0.1, -0.05) is 15.9 Å². The molecule has 2 aromatic rings. The van der Waals surface area contributed by atoms with Gasteiger partial charge in [0, 0.05) is 42.4 Å². The summed E-state index contributed by atoms with van der Waals surface area (Å²) in [6, 6.07) is 11.2. The maximum absolute atomic E-state index is 12.5. The van der Waals surface area contributed by atoms with Crippen LogP contribution in [-0.4, -0.2) is 41.5 Å². The van der Waals surface area contributed by atoms with E-state index in [-0.39, 0.29) is 36.8 Å². The molecule has 25 heavy (non-hydrogen) atoms. The zero-order valence-corrected chi connectivity index (χ0v) is 16.9. The normalized spacial score (nSPS) is 16.4. The van der Waals surface area contributed by atoms with Crippen molar-refractivity contribution in [2.45, 2.75) is 13.0 Å². The number of aromatic nitrogens is 1. The van der Waals surface area contributed by atoms with Gasteiger partial charge >= 0.3 is 0 Å². The minimum absolute atomic E-state index is 0. The molecule has 1 aliphatic rings. The molecule has 0 bridgehead atoms. The molecule has 2 heterocycles. The molecule has 1 saturated heterocycles. The van der Waals surface area contributed by atoms with Crippen molar-refractivity contribution in [2.75, 3.05) is 19.6 Å². The second-order valence-corrected chi connectivity index (χ2v) is 6.41. The summed E-state index contributed by atoms with van der Waals surface area (Å²) >= 11 is 3.38. The molecule has 1 aromatic carbocycles. The molecular weight excluding hydrogens is 429 g/mol. The summed E-state index contributed by atoms with van der Waals surface area (Å²) in [5.74, 6) is 1.19. The summed E-state index contributed by atoms with van der Waals surface area (Å²) in [5, 5.41) is 3.28. The fourth-order valence-corrected chi connectivity index (χ4v) is 2.76. The minimum atomic E-state index is 0. The Morgan fingerprint density at radius 1 is 1.24 bits per heavy atom. The number of piperazine rings is 1. The van der Waals surface area contributed by atoms with Gasteiger partial charge < -0.3 is 15.0 Å². The molecule has 3 rings (SSSR count). The molecule has 1 fully saturated rings.